The van der Waals surface area contributed by atoms with Crippen molar-refractivity contribution in [2.24, 2.45) is 5.92 Å². The van der Waals surface area contributed by atoms with Gasteiger partial charge in [-0.25, -0.2) is 0 Å². The molecule has 0 bridgehead atoms. The minimum atomic E-state index is -0.332. The zero-order valence-electron chi connectivity index (χ0n) is 12.3. The van der Waals surface area contributed by atoms with Crippen molar-refractivity contribution in [3.05, 3.63) is 54.4 Å². The molecule has 1 fully saturated rings. The molecule has 3 rings (SSSR count). The topological polar surface area (TPSA) is 62.3 Å². The summed E-state index contributed by atoms with van der Waals surface area (Å²) in [6.45, 7) is 2.28. The molecule has 1 aromatic heterocycles. The van der Waals surface area contributed by atoms with Crippen molar-refractivity contribution in [3.63, 3.8) is 0 Å². The molecule has 22 heavy (non-hydrogen) atoms. The Labute approximate surface area is 129 Å². The molecule has 5 nitrogen and oxygen atoms in total. The van der Waals surface area contributed by atoms with Gasteiger partial charge in [0.15, 0.2) is 0 Å². The summed E-state index contributed by atoms with van der Waals surface area (Å²) >= 11 is 0. The van der Waals surface area contributed by atoms with Crippen LogP contribution in [0.2, 0.25) is 0 Å². The van der Waals surface area contributed by atoms with Crippen molar-refractivity contribution in [3.8, 4) is 0 Å². The number of nitrogens with zero attached hydrogens (tertiary/aromatic N) is 2. The Hall–Kier alpha value is -2.69. The molecule has 1 aliphatic heterocycles. The summed E-state index contributed by atoms with van der Waals surface area (Å²) in [6, 6.07) is 13.0. The molecule has 1 unspecified atom stereocenters. The molecular weight excluding hydrogens is 278 g/mol. The largest absolute Gasteiger partial charge is 0.326 e. The second-order valence-corrected chi connectivity index (χ2v) is 5.42. The standard InChI is InChI=1S/C17H17N3O2/c1-12-9-14(7-8-18-12)19-17(22)13-10-16(21)20(11-13)15-5-3-2-4-6-15/h2-9,13H,10-11H2,1H3,(H,18,19,22). The van der Waals surface area contributed by atoms with Crippen molar-refractivity contribution in [1.29, 1.82) is 0 Å². The van der Waals surface area contributed by atoms with Crippen molar-refractivity contribution < 1.29 is 9.59 Å². The lowest BCUT2D eigenvalue weighted by molar-refractivity contribution is -0.122. The minimum Gasteiger partial charge on any atom is -0.326 e. The molecule has 112 valence electrons. The van der Waals surface area contributed by atoms with Crippen LogP contribution in [0, 0.1) is 12.8 Å². The molecular formula is C17H17N3O2. The molecule has 2 aromatic rings. The van der Waals surface area contributed by atoms with Crippen molar-refractivity contribution in [2.75, 3.05) is 16.8 Å². The van der Waals surface area contributed by atoms with Crippen LogP contribution in [-0.2, 0) is 9.59 Å². The fourth-order valence-electron chi connectivity index (χ4n) is 2.61. The third kappa shape index (κ3) is 2.98. The Morgan fingerprint density at radius 1 is 1.27 bits per heavy atom. The van der Waals surface area contributed by atoms with Crippen molar-refractivity contribution in [1.82, 2.24) is 4.98 Å². The van der Waals surface area contributed by atoms with Gasteiger partial charge in [-0.1, -0.05) is 18.2 Å². The quantitative estimate of drug-likeness (QED) is 0.945. The van der Waals surface area contributed by atoms with E-state index in [2.05, 4.69) is 10.3 Å². The second kappa shape index (κ2) is 5.97. The number of aromatic nitrogens is 1. The van der Waals surface area contributed by atoms with Crippen LogP contribution in [0.15, 0.2) is 48.7 Å². The normalized spacial score (nSPS) is 17.6. The first-order chi connectivity index (χ1) is 10.6. The van der Waals surface area contributed by atoms with Gasteiger partial charge >= 0.3 is 0 Å². The number of para-hydroxylation sites is 1. The minimum absolute atomic E-state index is 0.0164. The van der Waals surface area contributed by atoms with E-state index >= 15 is 0 Å². The van der Waals surface area contributed by atoms with Crippen LogP contribution in [0.5, 0.6) is 0 Å². The Bertz CT molecular complexity index is 700. The molecule has 5 heteroatoms. The number of nitrogens with one attached hydrogen (secondary N) is 1. The van der Waals surface area contributed by atoms with Gasteiger partial charge in [-0.2, -0.15) is 0 Å². The average Bonchev–Trinajstić information content (AvgIpc) is 2.90. The molecule has 0 aliphatic carbocycles. The number of anilines is 2. The number of rotatable bonds is 3. The molecule has 1 atom stereocenters. The van der Waals surface area contributed by atoms with E-state index in [4.69, 9.17) is 0 Å². The van der Waals surface area contributed by atoms with E-state index in [1.807, 2.05) is 43.3 Å². The molecule has 2 amide bonds. The highest BCUT2D eigenvalue weighted by molar-refractivity contribution is 6.03. The third-order valence-electron chi connectivity index (χ3n) is 3.73. The zero-order valence-corrected chi connectivity index (χ0v) is 12.3. The molecule has 1 N–H and O–H groups in total. The zero-order chi connectivity index (χ0) is 15.5. The van der Waals surface area contributed by atoms with Crippen molar-refractivity contribution >= 4 is 23.2 Å². The van der Waals surface area contributed by atoms with Crippen LogP contribution in [0.1, 0.15) is 12.1 Å². The predicted octanol–water partition coefficient (Wildman–Crippen LogP) is 2.38. The maximum Gasteiger partial charge on any atom is 0.229 e. The van der Waals surface area contributed by atoms with E-state index < -0.39 is 0 Å². The number of aryl methyl sites for hydroxylation is 1. The smallest absolute Gasteiger partial charge is 0.229 e. The lowest BCUT2D eigenvalue weighted by Crippen LogP contribution is -2.28. The lowest BCUT2D eigenvalue weighted by Gasteiger charge is -2.16. The molecule has 0 spiro atoms. The first-order valence-electron chi connectivity index (χ1n) is 7.22. The highest BCUT2D eigenvalue weighted by atomic mass is 16.2. The second-order valence-electron chi connectivity index (χ2n) is 5.42. The van der Waals surface area contributed by atoms with Crippen LogP contribution >= 0.6 is 0 Å². The Kier molecular flexibility index (Phi) is 3.87. The Balaban J connectivity index is 1.69. The molecule has 2 heterocycles. The number of benzene rings is 1. The van der Waals surface area contributed by atoms with E-state index in [1.54, 1.807) is 17.2 Å². The fourth-order valence-corrected chi connectivity index (χ4v) is 2.61. The lowest BCUT2D eigenvalue weighted by atomic mass is 10.1. The van der Waals surface area contributed by atoms with Gasteiger partial charge < -0.3 is 10.2 Å². The van der Waals surface area contributed by atoms with E-state index in [1.165, 1.54) is 0 Å². The summed E-state index contributed by atoms with van der Waals surface area (Å²) in [6.07, 6.45) is 1.89. The molecule has 1 aromatic carbocycles. The van der Waals surface area contributed by atoms with Crippen LogP contribution in [0.4, 0.5) is 11.4 Å². The van der Waals surface area contributed by atoms with E-state index in [0.717, 1.165) is 11.4 Å². The van der Waals surface area contributed by atoms with Gasteiger partial charge in [0.1, 0.15) is 0 Å². The summed E-state index contributed by atoms with van der Waals surface area (Å²) in [5.74, 6) is -0.476. The molecule has 0 radical (unpaired) electrons. The average molecular weight is 295 g/mol. The van der Waals surface area contributed by atoms with Gasteiger partial charge in [-0.05, 0) is 31.2 Å². The summed E-state index contributed by atoms with van der Waals surface area (Å²) in [7, 11) is 0. The third-order valence-corrected chi connectivity index (χ3v) is 3.73. The monoisotopic (exact) mass is 295 g/mol. The van der Waals surface area contributed by atoms with Gasteiger partial charge in [0.05, 0.1) is 5.92 Å². The number of pyridine rings is 1. The van der Waals surface area contributed by atoms with E-state index in [9.17, 15) is 9.59 Å². The highest BCUT2D eigenvalue weighted by Crippen LogP contribution is 2.25. The maximum absolute atomic E-state index is 12.3. The summed E-state index contributed by atoms with van der Waals surface area (Å²) < 4.78 is 0. The molecule has 1 saturated heterocycles. The Morgan fingerprint density at radius 2 is 2.05 bits per heavy atom. The Morgan fingerprint density at radius 3 is 2.77 bits per heavy atom. The van der Waals surface area contributed by atoms with Crippen LogP contribution in [-0.4, -0.2) is 23.3 Å². The van der Waals surface area contributed by atoms with Gasteiger partial charge in [-0.15, -0.1) is 0 Å². The van der Waals surface area contributed by atoms with Crippen LogP contribution in [0.3, 0.4) is 0 Å². The molecule has 0 saturated carbocycles. The maximum atomic E-state index is 12.3. The summed E-state index contributed by atoms with van der Waals surface area (Å²) in [5, 5.41) is 2.86. The predicted molar refractivity (Wildman–Crippen MR) is 84.5 cm³/mol. The van der Waals surface area contributed by atoms with Crippen molar-refractivity contribution in [2.45, 2.75) is 13.3 Å². The number of carbonyl (C=O) groups is 2. The number of amides is 2. The SMILES string of the molecule is Cc1cc(NC(=O)C2CC(=O)N(c3ccccc3)C2)ccn1. The molecule has 1 aliphatic rings. The van der Waals surface area contributed by atoms with E-state index in [-0.39, 0.29) is 24.2 Å². The number of hydrogen-bond donors (Lipinski definition) is 1. The first-order valence-corrected chi connectivity index (χ1v) is 7.22. The van der Waals surface area contributed by atoms with Crippen LogP contribution in [0.25, 0.3) is 0 Å². The number of hydrogen-bond acceptors (Lipinski definition) is 3. The van der Waals surface area contributed by atoms with E-state index in [0.29, 0.717) is 12.2 Å². The summed E-state index contributed by atoms with van der Waals surface area (Å²) in [4.78, 5) is 30.2. The summed E-state index contributed by atoms with van der Waals surface area (Å²) in [5.41, 5.74) is 2.39. The van der Waals surface area contributed by atoms with Crippen LogP contribution < -0.4 is 10.2 Å². The highest BCUT2D eigenvalue weighted by Gasteiger charge is 2.35. The van der Waals surface area contributed by atoms with Gasteiger partial charge in [-0.3, -0.25) is 14.6 Å². The fraction of sp³-hybridized carbons (Fsp3) is 0.235. The number of carbonyl (C=O) groups excluding carboxylic acids is 2. The van der Waals surface area contributed by atoms with Gasteiger partial charge in [0.25, 0.3) is 0 Å². The van der Waals surface area contributed by atoms with Gasteiger partial charge in [0, 0.05) is 36.2 Å². The van der Waals surface area contributed by atoms with Gasteiger partial charge in [0.2, 0.25) is 11.8 Å². The first kappa shape index (κ1) is 14.3.